The Hall–Kier alpha value is -2.25. The predicted molar refractivity (Wildman–Crippen MR) is 92.9 cm³/mol. The second-order valence-corrected chi connectivity index (χ2v) is 6.25. The summed E-state index contributed by atoms with van der Waals surface area (Å²) in [6.07, 6.45) is 0.485. The number of phenols is 1. The number of para-hydroxylation sites is 2. The molecule has 2 aromatic rings. The number of hydrazone groups is 1. The molecule has 1 amide bonds. The lowest BCUT2D eigenvalue weighted by Gasteiger charge is -2.24. The first-order valence-corrected chi connectivity index (χ1v) is 8.11. The number of carbonyl (C=O) groups excluding carboxylic acids is 1. The number of fused-ring (bicyclic) bond motifs is 1. The van der Waals surface area contributed by atoms with Crippen LogP contribution in [0.4, 0.5) is 0 Å². The second-order valence-electron chi connectivity index (χ2n) is 4.92. The van der Waals surface area contributed by atoms with E-state index in [1.54, 1.807) is 30.3 Å². The van der Waals surface area contributed by atoms with E-state index in [1.807, 2.05) is 6.07 Å². The fraction of sp³-hybridized carbons (Fsp3) is 0.125. The van der Waals surface area contributed by atoms with Gasteiger partial charge in [-0.25, -0.2) is 5.43 Å². The van der Waals surface area contributed by atoms with Crippen molar-refractivity contribution in [2.45, 2.75) is 6.10 Å². The van der Waals surface area contributed by atoms with Gasteiger partial charge in [0.1, 0.15) is 12.4 Å². The fourth-order valence-electron chi connectivity index (χ4n) is 2.07. The first-order valence-electron chi connectivity index (χ1n) is 6.94. The SMILES string of the molecule is O=C(N/N=C/c1cc(Br)cc(Cl)c1O)C1COc2ccccc2O1. The smallest absolute Gasteiger partial charge is 0.284 e. The Morgan fingerprint density at radius 2 is 2.12 bits per heavy atom. The number of amides is 1. The van der Waals surface area contributed by atoms with E-state index in [0.29, 0.717) is 21.5 Å². The summed E-state index contributed by atoms with van der Waals surface area (Å²) in [5.41, 5.74) is 2.72. The molecule has 0 bridgehead atoms. The Morgan fingerprint density at radius 1 is 1.38 bits per heavy atom. The summed E-state index contributed by atoms with van der Waals surface area (Å²) in [5, 5.41) is 13.8. The zero-order valence-electron chi connectivity index (χ0n) is 12.2. The first-order chi connectivity index (χ1) is 11.5. The number of benzene rings is 2. The summed E-state index contributed by atoms with van der Waals surface area (Å²) in [5.74, 6) is 0.522. The maximum atomic E-state index is 12.1. The Bertz CT molecular complexity index is 813. The van der Waals surface area contributed by atoms with Crippen LogP contribution in [0.3, 0.4) is 0 Å². The highest BCUT2D eigenvalue weighted by Crippen LogP contribution is 2.31. The number of phenolic OH excluding ortho intramolecular Hbond substituents is 1. The van der Waals surface area contributed by atoms with Gasteiger partial charge in [-0.1, -0.05) is 39.7 Å². The molecule has 0 radical (unpaired) electrons. The van der Waals surface area contributed by atoms with Crippen molar-refractivity contribution in [3.8, 4) is 17.2 Å². The lowest BCUT2D eigenvalue weighted by atomic mass is 10.2. The number of nitrogens with zero attached hydrogens (tertiary/aromatic N) is 1. The van der Waals surface area contributed by atoms with Crippen LogP contribution in [-0.2, 0) is 4.79 Å². The largest absolute Gasteiger partial charge is 0.506 e. The number of aromatic hydroxyl groups is 1. The summed E-state index contributed by atoms with van der Waals surface area (Å²) in [7, 11) is 0. The van der Waals surface area contributed by atoms with E-state index in [-0.39, 0.29) is 17.4 Å². The average Bonchev–Trinajstić information content (AvgIpc) is 2.58. The van der Waals surface area contributed by atoms with Crippen molar-refractivity contribution in [2.75, 3.05) is 6.61 Å². The Balaban J connectivity index is 1.64. The van der Waals surface area contributed by atoms with E-state index in [1.165, 1.54) is 6.21 Å². The Morgan fingerprint density at radius 3 is 2.92 bits per heavy atom. The van der Waals surface area contributed by atoms with Gasteiger partial charge in [0.25, 0.3) is 5.91 Å². The van der Waals surface area contributed by atoms with E-state index < -0.39 is 12.0 Å². The van der Waals surface area contributed by atoms with Crippen LogP contribution in [-0.4, -0.2) is 29.9 Å². The predicted octanol–water partition coefficient (Wildman–Crippen LogP) is 3.10. The van der Waals surface area contributed by atoms with E-state index in [0.717, 1.165) is 0 Å². The lowest BCUT2D eigenvalue weighted by molar-refractivity contribution is -0.130. The molecule has 2 aromatic carbocycles. The molecule has 1 aliphatic heterocycles. The van der Waals surface area contributed by atoms with Crippen LogP contribution < -0.4 is 14.9 Å². The number of ether oxygens (including phenoxy) is 2. The van der Waals surface area contributed by atoms with Gasteiger partial charge in [-0.15, -0.1) is 0 Å². The number of carbonyl (C=O) groups is 1. The van der Waals surface area contributed by atoms with Gasteiger partial charge in [0.15, 0.2) is 11.5 Å². The number of halogens is 2. The Kier molecular flexibility index (Phi) is 4.92. The fourth-order valence-corrected chi connectivity index (χ4v) is 2.90. The van der Waals surface area contributed by atoms with Crippen molar-refractivity contribution < 1.29 is 19.4 Å². The van der Waals surface area contributed by atoms with Gasteiger partial charge in [-0.2, -0.15) is 5.10 Å². The van der Waals surface area contributed by atoms with Crippen molar-refractivity contribution >= 4 is 39.7 Å². The zero-order valence-corrected chi connectivity index (χ0v) is 14.5. The third-order valence-corrected chi connectivity index (χ3v) is 3.98. The molecular weight excluding hydrogens is 400 g/mol. The molecule has 1 atom stereocenters. The van der Waals surface area contributed by atoms with Gasteiger partial charge in [0.05, 0.1) is 11.2 Å². The molecule has 0 saturated heterocycles. The van der Waals surface area contributed by atoms with Crippen LogP contribution in [0.25, 0.3) is 0 Å². The molecular formula is C16H12BrClN2O4. The topological polar surface area (TPSA) is 80.2 Å². The van der Waals surface area contributed by atoms with Crippen LogP contribution in [0.5, 0.6) is 17.2 Å². The lowest BCUT2D eigenvalue weighted by Crippen LogP contribution is -2.42. The van der Waals surface area contributed by atoms with Gasteiger partial charge in [0.2, 0.25) is 6.10 Å². The molecule has 0 fully saturated rings. The van der Waals surface area contributed by atoms with Crippen molar-refractivity contribution in [2.24, 2.45) is 5.10 Å². The molecule has 124 valence electrons. The van der Waals surface area contributed by atoms with Crippen molar-refractivity contribution in [3.63, 3.8) is 0 Å². The van der Waals surface area contributed by atoms with Crippen LogP contribution in [0.1, 0.15) is 5.56 Å². The van der Waals surface area contributed by atoms with Crippen LogP contribution in [0, 0.1) is 0 Å². The molecule has 2 N–H and O–H groups in total. The van der Waals surface area contributed by atoms with Gasteiger partial charge in [0, 0.05) is 10.0 Å². The van der Waals surface area contributed by atoms with Crippen LogP contribution in [0.15, 0.2) is 46.0 Å². The van der Waals surface area contributed by atoms with Crippen LogP contribution in [0.2, 0.25) is 5.02 Å². The maximum absolute atomic E-state index is 12.1. The van der Waals surface area contributed by atoms with Gasteiger partial charge >= 0.3 is 0 Å². The highest BCUT2D eigenvalue weighted by molar-refractivity contribution is 9.10. The molecule has 0 aliphatic carbocycles. The zero-order chi connectivity index (χ0) is 17.1. The normalized spacial score (nSPS) is 16.2. The summed E-state index contributed by atoms with van der Waals surface area (Å²) in [6, 6.07) is 10.3. The highest BCUT2D eigenvalue weighted by Gasteiger charge is 2.27. The van der Waals surface area contributed by atoms with E-state index in [4.69, 9.17) is 21.1 Å². The average molecular weight is 412 g/mol. The standard InChI is InChI=1S/C16H12BrClN2O4/c17-10-5-9(15(21)11(18)6-10)7-19-20-16(22)14-8-23-12-3-1-2-4-13(12)24-14/h1-7,14,21H,8H2,(H,20,22)/b19-7+. The third-order valence-electron chi connectivity index (χ3n) is 3.24. The summed E-state index contributed by atoms with van der Waals surface area (Å²) < 4.78 is 11.7. The minimum Gasteiger partial charge on any atom is -0.506 e. The molecule has 8 heteroatoms. The quantitative estimate of drug-likeness (QED) is 0.601. The van der Waals surface area contributed by atoms with Gasteiger partial charge in [-0.05, 0) is 24.3 Å². The number of nitrogens with one attached hydrogen (secondary N) is 1. The number of hydrogen-bond donors (Lipinski definition) is 2. The van der Waals surface area contributed by atoms with E-state index in [2.05, 4.69) is 26.5 Å². The van der Waals surface area contributed by atoms with Crippen molar-refractivity contribution in [1.29, 1.82) is 0 Å². The van der Waals surface area contributed by atoms with Crippen molar-refractivity contribution in [3.05, 3.63) is 51.5 Å². The molecule has 1 aliphatic rings. The molecule has 24 heavy (non-hydrogen) atoms. The van der Waals surface area contributed by atoms with Crippen molar-refractivity contribution in [1.82, 2.24) is 5.43 Å². The van der Waals surface area contributed by atoms with Gasteiger partial charge in [-0.3, -0.25) is 4.79 Å². The Labute approximate surface area is 151 Å². The van der Waals surface area contributed by atoms with E-state index in [9.17, 15) is 9.90 Å². The maximum Gasteiger partial charge on any atom is 0.284 e. The summed E-state index contributed by atoms with van der Waals surface area (Å²) in [6.45, 7) is 0.0896. The highest BCUT2D eigenvalue weighted by atomic mass is 79.9. The second kappa shape index (κ2) is 7.11. The molecule has 6 nitrogen and oxygen atoms in total. The molecule has 0 spiro atoms. The number of rotatable bonds is 3. The minimum absolute atomic E-state index is 0.0896. The molecule has 1 unspecified atom stereocenters. The number of hydrogen-bond acceptors (Lipinski definition) is 5. The monoisotopic (exact) mass is 410 g/mol. The molecule has 1 heterocycles. The minimum atomic E-state index is -0.809. The van der Waals surface area contributed by atoms with E-state index >= 15 is 0 Å². The van der Waals surface area contributed by atoms with Crippen LogP contribution >= 0.6 is 27.5 Å². The molecule has 3 rings (SSSR count). The summed E-state index contributed by atoms with van der Waals surface area (Å²) in [4.78, 5) is 12.1. The first kappa shape index (κ1) is 16.6. The van der Waals surface area contributed by atoms with Gasteiger partial charge < -0.3 is 14.6 Å². The third kappa shape index (κ3) is 3.63. The molecule has 0 aromatic heterocycles. The summed E-state index contributed by atoms with van der Waals surface area (Å²) >= 11 is 9.13. The molecule has 0 saturated carbocycles.